The first-order valence-corrected chi connectivity index (χ1v) is 12.1. The van der Waals surface area contributed by atoms with E-state index in [1.807, 2.05) is 24.3 Å². The van der Waals surface area contributed by atoms with E-state index in [0.717, 1.165) is 16.1 Å². The number of carbonyl (C=O) groups excluding carboxylic acids is 2. The first-order chi connectivity index (χ1) is 15.6. The molecule has 10 heteroatoms. The predicted octanol–water partition coefficient (Wildman–Crippen LogP) is 6.87. The molecule has 0 saturated carbocycles. The topological polar surface area (TPSA) is 49.4 Å². The normalized spacial score (nSPS) is 15.4. The quantitative estimate of drug-likeness (QED) is 0.219. The lowest BCUT2D eigenvalue weighted by Gasteiger charge is -2.14. The number of alkyl halides is 3. The van der Waals surface area contributed by atoms with Gasteiger partial charge in [-0.05, 0) is 48.7 Å². The van der Waals surface area contributed by atoms with Gasteiger partial charge in [0.2, 0.25) is 5.91 Å². The van der Waals surface area contributed by atoms with Crippen LogP contribution in [0, 0.1) is 0 Å². The number of hydrogen-bond donors (Lipinski definition) is 1. The number of rotatable bonds is 8. The summed E-state index contributed by atoms with van der Waals surface area (Å²) in [6, 6.07) is 12.5. The lowest BCUT2D eigenvalue weighted by atomic mass is 10.1. The zero-order valence-corrected chi connectivity index (χ0v) is 20.5. The lowest BCUT2D eigenvalue weighted by Crippen LogP contribution is -2.29. The summed E-state index contributed by atoms with van der Waals surface area (Å²) in [4.78, 5) is 26.9. The van der Waals surface area contributed by atoms with E-state index in [-0.39, 0.29) is 18.0 Å². The van der Waals surface area contributed by atoms with Crippen LogP contribution in [0.4, 0.5) is 18.9 Å². The van der Waals surface area contributed by atoms with Crippen LogP contribution in [0.25, 0.3) is 6.08 Å². The van der Waals surface area contributed by atoms with Gasteiger partial charge in [0.15, 0.2) is 0 Å². The zero-order chi connectivity index (χ0) is 24.0. The van der Waals surface area contributed by atoms with Gasteiger partial charge in [0.25, 0.3) is 5.91 Å². The third kappa shape index (κ3) is 7.15. The monoisotopic (exact) mass is 556 g/mol. The number of nitrogens with zero attached hydrogens (tertiary/aromatic N) is 1. The minimum Gasteiger partial charge on any atom is -0.326 e. The summed E-state index contributed by atoms with van der Waals surface area (Å²) in [5, 5.41) is 2.34. The summed E-state index contributed by atoms with van der Waals surface area (Å²) in [5.74, 6) is -0.624. The van der Waals surface area contributed by atoms with Crippen molar-refractivity contribution in [2.24, 2.45) is 0 Å². The van der Waals surface area contributed by atoms with Crippen LogP contribution in [0.1, 0.15) is 36.8 Å². The Morgan fingerprint density at radius 3 is 2.61 bits per heavy atom. The Bertz CT molecular complexity index is 1090. The number of benzene rings is 2. The fraction of sp³-hybridized carbons (Fsp3) is 0.261. The molecule has 0 unspecified atom stereocenters. The molecular weight excluding hydrogens is 537 g/mol. The zero-order valence-electron chi connectivity index (χ0n) is 17.3. The van der Waals surface area contributed by atoms with Gasteiger partial charge in [-0.2, -0.15) is 13.2 Å². The molecule has 174 valence electrons. The van der Waals surface area contributed by atoms with Gasteiger partial charge in [0, 0.05) is 17.4 Å². The molecule has 1 fully saturated rings. The minimum atomic E-state index is -4.53. The number of nitrogens with one attached hydrogen (secondary N) is 1. The van der Waals surface area contributed by atoms with Gasteiger partial charge < -0.3 is 5.32 Å². The number of anilines is 1. The highest BCUT2D eigenvalue weighted by Gasteiger charge is 2.33. The van der Waals surface area contributed by atoms with E-state index in [0.29, 0.717) is 35.0 Å². The number of amides is 2. The van der Waals surface area contributed by atoms with E-state index in [2.05, 4.69) is 21.2 Å². The van der Waals surface area contributed by atoms with E-state index in [1.165, 1.54) is 30.0 Å². The number of hydrogen-bond acceptors (Lipinski definition) is 4. The lowest BCUT2D eigenvalue weighted by molar-refractivity contribution is -0.137. The molecule has 1 N–H and O–H groups in total. The largest absolute Gasteiger partial charge is 0.418 e. The molecule has 0 atom stereocenters. The minimum absolute atomic E-state index is 0.0906. The third-order valence-corrected chi connectivity index (χ3v) is 6.68. The van der Waals surface area contributed by atoms with Gasteiger partial charge >= 0.3 is 6.18 Å². The fourth-order valence-electron chi connectivity index (χ4n) is 3.22. The molecule has 0 aliphatic carbocycles. The average Bonchev–Trinajstić information content (AvgIpc) is 3.00. The van der Waals surface area contributed by atoms with E-state index in [9.17, 15) is 22.8 Å². The molecule has 0 bridgehead atoms. The van der Waals surface area contributed by atoms with Crippen molar-refractivity contribution in [2.75, 3.05) is 11.9 Å². The van der Waals surface area contributed by atoms with Crippen molar-refractivity contribution in [3.63, 3.8) is 0 Å². The summed E-state index contributed by atoms with van der Waals surface area (Å²) in [6.07, 6.45) is -0.894. The molecule has 0 spiro atoms. The van der Waals surface area contributed by atoms with Crippen molar-refractivity contribution in [3.8, 4) is 0 Å². The highest BCUT2D eigenvalue weighted by Crippen LogP contribution is 2.35. The molecule has 2 amide bonds. The molecule has 0 aromatic heterocycles. The summed E-state index contributed by atoms with van der Waals surface area (Å²) in [6.45, 7) is 0.430. The SMILES string of the molecule is O=C(CCCCCN1C(=O)/C(=C/c2cccc(Br)c2)SC1=S)Nc1ccccc1C(F)(F)F. The van der Waals surface area contributed by atoms with Crippen molar-refractivity contribution >= 4 is 67.8 Å². The average molecular weight is 557 g/mol. The van der Waals surface area contributed by atoms with E-state index in [1.54, 1.807) is 11.0 Å². The predicted molar refractivity (Wildman–Crippen MR) is 133 cm³/mol. The van der Waals surface area contributed by atoms with E-state index < -0.39 is 17.6 Å². The molecular formula is C23H20BrF3N2O2S2. The summed E-state index contributed by atoms with van der Waals surface area (Å²) in [7, 11) is 0. The molecule has 3 rings (SSSR count). The molecule has 4 nitrogen and oxygen atoms in total. The Kier molecular flexibility index (Phi) is 8.72. The number of unbranched alkanes of at least 4 members (excludes halogenated alkanes) is 2. The third-order valence-electron chi connectivity index (χ3n) is 4.81. The molecule has 1 heterocycles. The van der Waals surface area contributed by atoms with Crippen molar-refractivity contribution in [1.29, 1.82) is 0 Å². The van der Waals surface area contributed by atoms with Gasteiger partial charge in [0.1, 0.15) is 4.32 Å². The smallest absolute Gasteiger partial charge is 0.326 e. The first kappa shape index (κ1) is 25.5. The van der Waals surface area contributed by atoms with E-state index in [4.69, 9.17) is 12.2 Å². The maximum absolute atomic E-state index is 13.0. The number of carbonyl (C=O) groups is 2. The number of para-hydroxylation sites is 1. The van der Waals surface area contributed by atoms with Crippen LogP contribution in [0.2, 0.25) is 0 Å². The molecule has 1 aliphatic heterocycles. The van der Waals surface area contributed by atoms with Crippen LogP contribution in [0.3, 0.4) is 0 Å². The standard InChI is InChI=1S/C23H20BrF3N2O2S2/c24-16-8-6-7-15(13-16)14-19-21(31)29(22(32)33-19)12-5-1-2-11-20(30)28-18-10-4-3-9-17(18)23(25,26)27/h3-4,6-10,13-14H,1-2,5,11-12H2,(H,28,30)/b19-14-. The van der Waals surface area contributed by atoms with Gasteiger partial charge in [-0.1, -0.05) is 70.6 Å². The van der Waals surface area contributed by atoms with Gasteiger partial charge in [-0.15, -0.1) is 0 Å². The highest BCUT2D eigenvalue weighted by molar-refractivity contribution is 9.10. The summed E-state index contributed by atoms with van der Waals surface area (Å²) < 4.78 is 40.5. The Hall–Kier alpha value is -2.17. The van der Waals surface area contributed by atoms with Crippen molar-refractivity contribution in [3.05, 3.63) is 69.0 Å². The Morgan fingerprint density at radius 1 is 1.12 bits per heavy atom. The van der Waals surface area contributed by atoms with Crippen LogP contribution in [-0.4, -0.2) is 27.6 Å². The maximum Gasteiger partial charge on any atom is 0.418 e. The van der Waals surface area contributed by atoms with Gasteiger partial charge in [-0.3, -0.25) is 14.5 Å². The fourth-order valence-corrected chi connectivity index (χ4v) is 4.95. The second kappa shape index (κ2) is 11.3. The second-order valence-corrected chi connectivity index (χ2v) is 9.88. The second-order valence-electron chi connectivity index (χ2n) is 7.29. The number of thiocarbonyl (C=S) groups is 1. The molecule has 0 radical (unpaired) electrons. The summed E-state index contributed by atoms with van der Waals surface area (Å²) in [5.41, 5.74) is -0.226. The summed E-state index contributed by atoms with van der Waals surface area (Å²) >= 11 is 9.99. The van der Waals surface area contributed by atoms with Crippen molar-refractivity contribution in [2.45, 2.75) is 31.9 Å². The molecule has 1 aliphatic rings. The Balaban J connectivity index is 1.44. The van der Waals surface area contributed by atoms with Crippen LogP contribution in [0.5, 0.6) is 0 Å². The van der Waals surface area contributed by atoms with Crippen LogP contribution in [0.15, 0.2) is 57.9 Å². The van der Waals surface area contributed by atoms with Crippen molar-refractivity contribution in [1.82, 2.24) is 4.90 Å². The van der Waals surface area contributed by atoms with Crippen LogP contribution in [-0.2, 0) is 15.8 Å². The first-order valence-electron chi connectivity index (χ1n) is 10.1. The number of thioether (sulfide) groups is 1. The van der Waals surface area contributed by atoms with Gasteiger partial charge in [-0.25, -0.2) is 0 Å². The molecule has 1 saturated heterocycles. The highest BCUT2D eigenvalue weighted by atomic mass is 79.9. The Morgan fingerprint density at radius 2 is 1.88 bits per heavy atom. The van der Waals surface area contributed by atoms with Gasteiger partial charge in [0.05, 0.1) is 16.2 Å². The van der Waals surface area contributed by atoms with E-state index >= 15 is 0 Å². The molecule has 33 heavy (non-hydrogen) atoms. The number of halogens is 4. The Labute approximate surface area is 207 Å². The van der Waals surface area contributed by atoms with Crippen molar-refractivity contribution < 1.29 is 22.8 Å². The molecule has 2 aromatic carbocycles. The maximum atomic E-state index is 13.0. The molecule has 2 aromatic rings. The van der Waals surface area contributed by atoms with Crippen LogP contribution >= 0.6 is 39.9 Å². The van der Waals surface area contributed by atoms with Crippen LogP contribution < -0.4 is 5.32 Å².